The molecule has 1 saturated heterocycles. The van der Waals surface area contributed by atoms with Crippen molar-refractivity contribution in [2.45, 2.75) is 78.5 Å². The van der Waals surface area contributed by atoms with Crippen LogP contribution in [0, 0.1) is 17.2 Å². The van der Waals surface area contributed by atoms with Crippen molar-refractivity contribution in [3.8, 4) is 6.07 Å². The van der Waals surface area contributed by atoms with Gasteiger partial charge >= 0.3 is 6.09 Å². The number of carbonyl (C=O) groups is 2. The minimum absolute atomic E-state index is 0.00459. The summed E-state index contributed by atoms with van der Waals surface area (Å²) in [5.74, 6) is 0.276. The fraction of sp³-hybridized carbons (Fsp3) is 0.654. The van der Waals surface area contributed by atoms with Gasteiger partial charge in [-0.15, -0.1) is 0 Å². The summed E-state index contributed by atoms with van der Waals surface area (Å²) >= 11 is 0. The summed E-state index contributed by atoms with van der Waals surface area (Å²) in [6.07, 6.45) is 1.99. The van der Waals surface area contributed by atoms with Gasteiger partial charge in [0.15, 0.2) is 0 Å². The minimum atomic E-state index is -0.534. The number of amides is 2. The van der Waals surface area contributed by atoms with Crippen molar-refractivity contribution < 1.29 is 14.3 Å². The van der Waals surface area contributed by atoms with Crippen molar-refractivity contribution in [1.29, 1.82) is 5.26 Å². The van der Waals surface area contributed by atoms with Crippen LogP contribution in [0.3, 0.4) is 0 Å². The van der Waals surface area contributed by atoms with Gasteiger partial charge in [-0.25, -0.2) is 4.79 Å². The standard InChI is InChI=1S/C26H40N4O3/c1-20(2)30(25(32)33-26(4,5)6)19-22-12-10-16-28(18-22)21(3)24(31)29(17-11-15-27)23-13-8-7-9-14-23/h7-9,13-14,20-22H,10-12,16-19H2,1-6H3. The lowest BCUT2D eigenvalue weighted by Gasteiger charge is -2.40. The van der Waals surface area contributed by atoms with Gasteiger partial charge in [0.05, 0.1) is 18.5 Å². The first-order valence-corrected chi connectivity index (χ1v) is 12.0. The van der Waals surface area contributed by atoms with Crippen molar-refractivity contribution in [2.24, 2.45) is 5.92 Å². The second-order valence-corrected chi connectivity index (χ2v) is 10.1. The summed E-state index contributed by atoms with van der Waals surface area (Å²) in [5, 5.41) is 9.07. The molecule has 33 heavy (non-hydrogen) atoms. The summed E-state index contributed by atoms with van der Waals surface area (Å²) in [7, 11) is 0. The van der Waals surface area contributed by atoms with E-state index in [2.05, 4.69) is 11.0 Å². The number of benzene rings is 1. The summed E-state index contributed by atoms with van der Waals surface area (Å²) in [6, 6.07) is 11.4. The molecule has 1 aromatic carbocycles. The van der Waals surface area contributed by atoms with E-state index in [1.165, 1.54) is 0 Å². The third-order valence-electron chi connectivity index (χ3n) is 5.94. The van der Waals surface area contributed by atoms with Gasteiger partial charge in [0.1, 0.15) is 5.60 Å². The maximum absolute atomic E-state index is 13.4. The van der Waals surface area contributed by atoms with Crippen molar-refractivity contribution in [2.75, 3.05) is 31.1 Å². The first-order chi connectivity index (χ1) is 15.5. The Labute approximate surface area is 199 Å². The molecule has 1 aliphatic heterocycles. The Bertz CT molecular complexity index is 813. The first-order valence-electron chi connectivity index (χ1n) is 12.0. The van der Waals surface area contributed by atoms with E-state index in [1.807, 2.05) is 71.9 Å². The third-order valence-corrected chi connectivity index (χ3v) is 5.94. The predicted molar refractivity (Wildman–Crippen MR) is 131 cm³/mol. The highest BCUT2D eigenvalue weighted by Gasteiger charge is 2.33. The molecule has 2 rings (SSSR count). The molecular weight excluding hydrogens is 416 g/mol. The number of nitriles is 1. The zero-order valence-electron chi connectivity index (χ0n) is 21.1. The molecule has 2 atom stereocenters. The van der Waals surface area contributed by atoms with Crippen LogP contribution in [-0.4, -0.2) is 65.7 Å². The van der Waals surface area contributed by atoms with Crippen LogP contribution in [-0.2, 0) is 9.53 Å². The summed E-state index contributed by atoms with van der Waals surface area (Å²) in [6.45, 7) is 14.2. The number of hydrogen-bond acceptors (Lipinski definition) is 5. The molecule has 182 valence electrons. The van der Waals surface area contributed by atoms with Gasteiger partial charge in [-0.2, -0.15) is 5.26 Å². The fourth-order valence-electron chi connectivity index (χ4n) is 4.21. The molecule has 1 aliphatic rings. The Morgan fingerprint density at radius 2 is 1.88 bits per heavy atom. The van der Waals surface area contributed by atoms with Gasteiger partial charge in [0, 0.05) is 31.4 Å². The van der Waals surface area contributed by atoms with E-state index < -0.39 is 5.60 Å². The lowest BCUT2D eigenvalue weighted by Crippen LogP contribution is -2.53. The summed E-state index contributed by atoms with van der Waals surface area (Å²) in [4.78, 5) is 31.9. The molecule has 0 saturated carbocycles. The van der Waals surface area contributed by atoms with E-state index in [0.717, 1.165) is 31.6 Å². The van der Waals surface area contributed by atoms with Crippen LogP contribution >= 0.6 is 0 Å². The zero-order chi connectivity index (χ0) is 24.6. The topological polar surface area (TPSA) is 76.9 Å². The third kappa shape index (κ3) is 8.04. The van der Waals surface area contributed by atoms with Gasteiger partial charge in [0.2, 0.25) is 5.91 Å². The van der Waals surface area contributed by atoms with Crippen molar-refractivity contribution in [3.05, 3.63) is 30.3 Å². The predicted octanol–water partition coefficient (Wildman–Crippen LogP) is 4.68. The van der Waals surface area contributed by atoms with E-state index in [9.17, 15) is 9.59 Å². The van der Waals surface area contributed by atoms with E-state index in [4.69, 9.17) is 10.00 Å². The Morgan fingerprint density at radius 1 is 1.21 bits per heavy atom. The molecule has 7 nitrogen and oxygen atoms in total. The van der Waals surface area contributed by atoms with Crippen LogP contribution in [0.4, 0.5) is 10.5 Å². The number of anilines is 1. The van der Waals surface area contributed by atoms with E-state index in [-0.39, 0.29) is 36.4 Å². The second kappa shape index (κ2) is 12.0. The smallest absolute Gasteiger partial charge is 0.410 e. The number of nitrogens with zero attached hydrogens (tertiary/aromatic N) is 4. The Morgan fingerprint density at radius 3 is 2.45 bits per heavy atom. The molecule has 0 aliphatic carbocycles. The van der Waals surface area contributed by atoms with Gasteiger partial charge in [-0.05, 0) is 79.0 Å². The van der Waals surface area contributed by atoms with Crippen LogP contribution < -0.4 is 4.90 Å². The Balaban J connectivity index is 2.08. The number of ether oxygens (including phenoxy) is 1. The van der Waals surface area contributed by atoms with Gasteiger partial charge in [-0.1, -0.05) is 18.2 Å². The highest BCUT2D eigenvalue weighted by molar-refractivity contribution is 5.97. The van der Waals surface area contributed by atoms with Gasteiger partial charge in [0.25, 0.3) is 0 Å². The molecule has 1 heterocycles. The maximum Gasteiger partial charge on any atom is 0.410 e. The lowest BCUT2D eigenvalue weighted by molar-refractivity contribution is -0.124. The number of rotatable bonds is 8. The normalized spacial score (nSPS) is 17.8. The fourth-order valence-corrected chi connectivity index (χ4v) is 4.21. The van der Waals surface area contributed by atoms with Crippen LogP contribution in [0.1, 0.15) is 60.8 Å². The SMILES string of the molecule is CC(C(=O)N(CCC#N)c1ccccc1)N1CCCC(CN(C(=O)OC(C)(C)C)C(C)C)C1. The molecule has 1 fully saturated rings. The number of carbonyl (C=O) groups excluding carboxylic acids is 2. The zero-order valence-corrected chi connectivity index (χ0v) is 21.1. The Kier molecular flexibility index (Phi) is 9.72. The average Bonchev–Trinajstić information content (AvgIpc) is 2.76. The number of para-hydroxylation sites is 1. The molecular formula is C26H40N4O3. The molecule has 0 N–H and O–H groups in total. The molecule has 2 unspecified atom stereocenters. The summed E-state index contributed by atoms with van der Waals surface area (Å²) < 4.78 is 5.62. The average molecular weight is 457 g/mol. The molecule has 1 aromatic rings. The van der Waals surface area contributed by atoms with Gasteiger partial charge < -0.3 is 14.5 Å². The highest BCUT2D eigenvalue weighted by atomic mass is 16.6. The largest absolute Gasteiger partial charge is 0.444 e. The molecule has 0 bridgehead atoms. The molecule has 7 heteroatoms. The van der Waals surface area contributed by atoms with Crippen LogP contribution in [0.25, 0.3) is 0 Å². The Hall–Kier alpha value is -2.59. The van der Waals surface area contributed by atoms with Crippen LogP contribution in [0.5, 0.6) is 0 Å². The van der Waals surface area contributed by atoms with Crippen molar-refractivity contribution >= 4 is 17.7 Å². The monoisotopic (exact) mass is 456 g/mol. The van der Waals surface area contributed by atoms with Crippen molar-refractivity contribution in [3.63, 3.8) is 0 Å². The number of hydrogen-bond donors (Lipinski definition) is 0. The molecule has 0 aromatic heterocycles. The second-order valence-electron chi connectivity index (χ2n) is 10.1. The maximum atomic E-state index is 13.4. The number of likely N-dealkylation sites (tertiary alicyclic amines) is 1. The van der Waals surface area contributed by atoms with E-state index >= 15 is 0 Å². The molecule has 0 radical (unpaired) electrons. The minimum Gasteiger partial charge on any atom is -0.444 e. The lowest BCUT2D eigenvalue weighted by atomic mass is 9.95. The van der Waals surface area contributed by atoms with Crippen molar-refractivity contribution in [1.82, 2.24) is 9.80 Å². The first kappa shape index (κ1) is 26.7. The quantitative estimate of drug-likeness (QED) is 0.568. The molecule has 2 amide bonds. The van der Waals surface area contributed by atoms with Gasteiger partial charge in [-0.3, -0.25) is 9.69 Å². The van der Waals surface area contributed by atoms with Crippen LogP contribution in [0.2, 0.25) is 0 Å². The molecule has 0 spiro atoms. The highest BCUT2D eigenvalue weighted by Crippen LogP contribution is 2.24. The van der Waals surface area contributed by atoms with Crippen LogP contribution in [0.15, 0.2) is 30.3 Å². The van der Waals surface area contributed by atoms with E-state index in [1.54, 1.807) is 9.80 Å². The summed E-state index contributed by atoms with van der Waals surface area (Å²) in [5.41, 5.74) is 0.280. The number of piperidine rings is 1. The van der Waals surface area contributed by atoms with E-state index in [0.29, 0.717) is 13.1 Å².